The molecule has 0 atom stereocenters. The molecular formula is C25H27N3O3S2. The minimum atomic E-state index is -0.115. The number of thiazole rings is 1. The second-order valence-electron chi connectivity index (χ2n) is 7.92. The van der Waals surface area contributed by atoms with Gasteiger partial charge in [0.05, 0.1) is 18.6 Å². The number of hydrogen-bond acceptors (Lipinski definition) is 6. The molecule has 3 aromatic rings. The summed E-state index contributed by atoms with van der Waals surface area (Å²) >= 11 is 2.83. The quantitative estimate of drug-likeness (QED) is 0.382. The van der Waals surface area contributed by atoms with Crippen molar-refractivity contribution in [3.05, 3.63) is 53.9 Å². The minimum Gasteiger partial charge on any atom is -0.496 e. The van der Waals surface area contributed by atoms with Crippen LogP contribution in [0, 0.1) is 5.92 Å². The predicted molar refractivity (Wildman–Crippen MR) is 135 cm³/mol. The van der Waals surface area contributed by atoms with Gasteiger partial charge in [-0.05, 0) is 49.2 Å². The fourth-order valence-corrected chi connectivity index (χ4v) is 5.28. The van der Waals surface area contributed by atoms with Crippen molar-refractivity contribution >= 4 is 45.7 Å². The SMILES string of the molecule is COc1ccccc1-c1csc(NC(=O)CSc2ccc(NC(=O)C3CCCCC3)cc2)n1. The van der Waals surface area contributed by atoms with E-state index < -0.39 is 0 Å². The number of rotatable bonds is 8. The normalized spacial score (nSPS) is 14.0. The number of para-hydroxylation sites is 1. The molecule has 1 aromatic heterocycles. The standard InChI is InChI=1S/C25H27N3O3S2/c1-31-22-10-6-5-9-20(22)21-15-33-25(27-21)28-23(29)16-32-19-13-11-18(12-14-19)26-24(30)17-7-3-2-4-8-17/h5-6,9-15,17H,2-4,7-8,16H2,1H3,(H,26,30)(H,27,28,29). The van der Waals surface area contributed by atoms with Crippen LogP contribution in [0.25, 0.3) is 11.3 Å². The highest BCUT2D eigenvalue weighted by molar-refractivity contribution is 8.00. The van der Waals surface area contributed by atoms with Crippen molar-refractivity contribution in [1.82, 2.24) is 4.98 Å². The summed E-state index contributed by atoms with van der Waals surface area (Å²) in [4.78, 5) is 30.3. The van der Waals surface area contributed by atoms with E-state index in [1.54, 1.807) is 7.11 Å². The van der Waals surface area contributed by atoms with E-state index in [0.29, 0.717) is 5.13 Å². The number of carbonyl (C=O) groups excluding carboxylic acids is 2. The van der Waals surface area contributed by atoms with Crippen molar-refractivity contribution in [3.63, 3.8) is 0 Å². The third-order valence-electron chi connectivity index (χ3n) is 5.60. The zero-order valence-corrected chi connectivity index (χ0v) is 20.1. The summed E-state index contributed by atoms with van der Waals surface area (Å²) in [5, 5.41) is 8.34. The van der Waals surface area contributed by atoms with Gasteiger partial charge in [0, 0.05) is 27.4 Å². The predicted octanol–water partition coefficient (Wildman–Crippen LogP) is 6.07. The molecular weight excluding hydrogens is 454 g/mol. The molecule has 2 aromatic carbocycles. The largest absolute Gasteiger partial charge is 0.496 e. The molecule has 1 saturated carbocycles. The second kappa shape index (κ2) is 11.3. The van der Waals surface area contributed by atoms with Crippen molar-refractivity contribution in [2.45, 2.75) is 37.0 Å². The molecule has 6 nitrogen and oxygen atoms in total. The molecule has 0 saturated heterocycles. The van der Waals surface area contributed by atoms with Crippen LogP contribution in [0.2, 0.25) is 0 Å². The highest BCUT2D eigenvalue weighted by Gasteiger charge is 2.21. The van der Waals surface area contributed by atoms with E-state index in [2.05, 4.69) is 15.6 Å². The maximum absolute atomic E-state index is 12.4. The number of nitrogens with one attached hydrogen (secondary N) is 2. The van der Waals surface area contributed by atoms with Gasteiger partial charge in [-0.1, -0.05) is 31.4 Å². The third kappa shape index (κ3) is 6.36. The number of aromatic nitrogens is 1. The van der Waals surface area contributed by atoms with Crippen molar-refractivity contribution in [3.8, 4) is 17.0 Å². The molecule has 1 aliphatic carbocycles. The summed E-state index contributed by atoms with van der Waals surface area (Å²) in [7, 11) is 1.63. The zero-order chi connectivity index (χ0) is 23.0. The summed E-state index contributed by atoms with van der Waals surface area (Å²) in [5.41, 5.74) is 2.46. The van der Waals surface area contributed by atoms with E-state index >= 15 is 0 Å². The average molecular weight is 482 g/mol. The Morgan fingerprint density at radius 3 is 2.58 bits per heavy atom. The number of thioether (sulfide) groups is 1. The Hall–Kier alpha value is -2.84. The molecule has 0 spiro atoms. The maximum Gasteiger partial charge on any atom is 0.236 e. The molecule has 0 bridgehead atoms. The van der Waals surface area contributed by atoms with Gasteiger partial charge < -0.3 is 15.4 Å². The van der Waals surface area contributed by atoms with Gasteiger partial charge >= 0.3 is 0 Å². The van der Waals surface area contributed by atoms with Crippen LogP contribution in [0.4, 0.5) is 10.8 Å². The summed E-state index contributed by atoms with van der Waals surface area (Å²) in [5.74, 6) is 1.15. The van der Waals surface area contributed by atoms with Gasteiger partial charge in [-0.3, -0.25) is 9.59 Å². The molecule has 2 N–H and O–H groups in total. The molecule has 33 heavy (non-hydrogen) atoms. The number of amides is 2. The molecule has 2 amide bonds. The zero-order valence-electron chi connectivity index (χ0n) is 18.5. The van der Waals surface area contributed by atoms with Crippen molar-refractivity contribution in [2.75, 3.05) is 23.5 Å². The molecule has 0 aliphatic heterocycles. The van der Waals surface area contributed by atoms with Gasteiger partial charge in [0.1, 0.15) is 5.75 Å². The van der Waals surface area contributed by atoms with E-state index in [0.717, 1.165) is 53.3 Å². The first-order valence-corrected chi connectivity index (χ1v) is 12.9. The third-order valence-corrected chi connectivity index (χ3v) is 7.37. The Morgan fingerprint density at radius 1 is 1.06 bits per heavy atom. The van der Waals surface area contributed by atoms with Crippen molar-refractivity contribution < 1.29 is 14.3 Å². The van der Waals surface area contributed by atoms with Gasteiger partial charge in [-0.25, -0.2) is 4.98 Å². The fraction of sp³-hybridized carbons (Fsp3) is 0.320. The highest BCUT2D eigenvalue weighted by atomic mass is 32.2. The number of carbonyl (C=O) groups is 2. The van der Waals surface area contributed by atoms with E-state index in [4.69, 9.17) is 4.74 Å². The van der Waals surface area contributed by atoms with Crippen LogP contribution in [0.3, 0.4) is 0 Å². The highest BCUT2D eigenvalue weighted by Crippen LogP contribution is 2.32. The number of hydrogen-bond donors (Lipinski definition) is 2. The summed E-state index contributed by atoms with van der Waals surface area (Å²) in [6, 6.07) is 15.3. The van der Waals surface area contributed by atoms with Crippen LogP contribution in [-0.2, 0) is 9.59 Å². The number of ether oxygens (including phenoxy) is 1. The van der Waals surface area contributed by atoms with Crippen molar-refractivity contribution in [2.24, 2.45) is 5.92 Å². The Labute approximate surface area is 202 Å². The number of methoxy groups -OCH3 is 1. The van der Waals surface area contributed by atoms with Gasteiger partial charge in [0.2, 0.25) is 11.8 Å². The van der Waals surface area contributed by atoms with Gasteiger partial charge in [-0.2, -0.15) is 0 Å². The van der Waals surface area contributed by atoms with Crippen LogP contribution in [-0.4, -0.2) is 29.7 Å². The van der Waals surface area contributed by atoms with Crippen LogP contribution in [0.5, 0.6) is 5.75 Å². The fourth-order valence-electron chi connectivity index (χ4n) is 3.86. The van der Waals surface area contributed by atoms with E-state index in [1.165, 1.54) is 29.5 Å². The van der Waals surface area contributed by atoms with Gasteiger partial charge in [0.25, 0.3) is 0 Å². The molecule has 0 unspecified atom stereocenters. The Kier molecular flexibility index (Phi) is 8.01. The van der Waals surface area contributed by atoms with Gasteiger partial charge in [-0.15, -0.1) is 23.1 Å². The Morgan fingerprint density at radius 2 is 1.82 bits per heavy atom. The maximum atomic E-state index is 12.4. The van der Waals surface area contributed by atoms with E-state index in [1.807, 2.05) is 53.9 Å². The lowest BCUT2D eigenvalue weighted by Crippen LogP contribution is -2.24. The van der Waals surface area contributed by atoms with Crippen LogP contribution < -0.4 is 15.4 Å². The summed E-state index contributed by atoms with van der Waals surface area (Å²) < 4.78 is 5.39. The second-order valence-corrected chi connectivity index (χ2v) is 9.83. The Bertz CT molecular complexity index is 1090. The Balaban J connectivity index is 1.26. The summed E-state index contributed by atoms with van der Waals surface area (Å²) in [6.07, 6.45) is 5.47. The lowest BCUT2D eigenvalue weighted by atomic mass is 9.88. The molecule has 1 fully saturated rings. The molecule has 172 valence electrons. The average Bonchev–Trinajstić information content (AvgIpc) is 3.32. The van der Waals surface area contributed by atoms with Crippen LogP contribution >= 0.6 is 23.1 Å². The number of anilines is 2. The molecule has 1 heterocycles. The van der Waals surface area contributed by atoms with E-state index in [-0.39, 0.29) is 23.5 Å². The number of benzene rings is 2. The summed E-state index contributed by atoms with van der Waals surface area (Å²) in [6.45, 7) is 0. The minimum absolute atomic E-state index is 0.115. The first-order valence-electron chi connectivity index (χ1n) is 11.0. The van der Waals surface area contributed by atoms with Gasteiger partial charge in [0.15, 0.2) is 5.13 Å². The molecule has 4 rings (SSSR count). The number of nitrogens with zero attached hydrogens (tertiary/aromatic N) is 1. The molecule has 0 radical (unpaired) electrons. The lowest BCUT2D eigenvalue weighted by molar-refractivity contribution is -0.120. The lowest BCUT2D eigenvalue weighted by Gasteiger charge is -2.20. The molecule has 1 aliphatic rings. The van der Waals surface area contributed by atoms with Crippen LogP contribution in [0.1, 0.15) is 32.1 Å². The monoisotopic (exact) mass is 481 g/mol. The van der Waals surface area contributed by atoms with E-state index in [9.17, 15) is 9.59 Å². The smallest absolute Gasteiger partial charge is 0.236 e. The topological polar surface area (TPSA) is 80.3 Å². The first kappa shape index (κ1) is 23.3. The van der Waals surface area contributed by atoms with Crippen LogP contribution in [0.15, 0.2) is 58.8 Å². The first-order chi connectivity index (χ1) is 16.1. The van der Waals surface area contributed by atoms with Crippen molar-refractivity contribution in [1.29, 1.82) is 0 Å². The molecule has 8 heteroatoms.